The summed E-state index contributed by atoms with van der Waals surface area (Å²) in [6.07, 6.45) is 0.211. The first kappa shape index (κ1) is 18.7. The maximum absolute atomic E-state index is 10.1. The van der Waals surface area contributed by atoms with E-state index in [0.717, 1.165) is 40.3 Å². The molecule has 1 atom stereocenters. The average molecular weight is 373 g/mol. The van der Waals surface area contributed by atoms with E-state index < -0.39 is 6.10 Å². The zero-order valence-electron chi connectivity index (χ0n) is 15.7. The highest BCUT2D eigenvalue weighted by molar-refractivity contribution is 6.31. The van der Waals surface area contributed by atoms with Crippen LogP contribution in [0.1, 0.15) is 42.0 Å². The van der Waals surface area contributed by atoms with E-state index in [1.807, 2.05) is 25.1 Å². The van der Waals surface area contributed by atoms with Crippen LogP contribution in [-0.2, 0) is 6.54 Å². The van der Waals surface area contributed by atoms with Gasteiger partial charge in [-0.1, -0.05) is 11.6 Å². The van der Waals surface area contributed by atoms with Gasteiger partial charge in [0.2, 0.25) is 0 Å². The van der Waals surface area contributed by atoms with Gasteiger partial charge in [0.15, 0.2) is 0 Å². The number of rotatable bonds is 6. The maximum atomic E-state index is 10.1. The molecule has 0 fully saturated rings. The highest BCUT2D eigenvalue weighted by atomic mass is 35.5. The molecule has 2 aromatic carbocycles. The fraction of sp³-hybridized carbons (Fsp3) is 0.381. The fourth-order valence-electron chi connectivity index (χ4n) is 3.07. The second-order valence-electron chi connectivity index (χ2n) is 6.84. The Labute approximate surface area is 159 Å². The van der Waals surface area contributed by atoms with Gasteiger partial charge in [0.1, 0.15) is 17.7 Å². The Bertz CT molecular complexity index is 931. The molecule has 26 heavy (non-hydrogen) atoms. The predicted octanol–water partition coefficient (Wildman–Crippen LogP) is 5.14. The molecule has 0 radical (unpaired) electrons. The van der Waals surface area contributed by atoms with Crippen LogP contribution >= 0.6 is 11.6 Å². The van der Waals surface area contributed by atoms with Crippen LogP contribution in [0.3, 0.4) is 0 Å². The minimum Gasteiger partial charge on any atom is -0.494 e. The molecule has 0 aliphatic carbocycles. The molecule has 0 bridgehead atoms. The number of hydrogen-bond donors (Lipinski definition) is 1. The smallest absolute Gasteiger partial charge is 0.138 e. The maximum Gasteiger partial charge on any atom is 0.138 e. The van der Waals surface area contributed by atoms with E-state index in [-0.39, 0.29) is 0 Å². The van der Waals surface area contributed by atoms with Crippen LogP contribution in [-0.4, -0.2) is 21.3 Å². The van der Waals surface area contributed by atoms with Gasteiger partial charge >= 0.3 is 0 Å². The number of ether oxygens (including phenoxy) is 1. The van der Waals surface area contributed by atoms with Crippen LogP contribution in [0.5, 0.6) is 5.75 Å². The van der Waals surface area contributed by atoms with Gasteiger partial charge in [-0.15, -0.1) is 0 Å². The molecule has 138 valence electrons. The molecule has 0 aliphatic heterocycles. The summed E-state index contributed by atoms with van der Waals surface area (Å²) in [5.74, 6) is 1.52. The van der Waals surface area contributed by atoms with Crippen molar-refractivity contribution < 1.29 is 9.84 Å². The Hall–Kier alpha value is -2.04. The van der Waals surface area contributed by atoms with Gasteiger partial charge in [-0.3, -0.25) is 0 Å². The van der Waals surface area contributed by atoms with E-state index in [1.165, 1.54) is 11.1 Å². The van der Waals surface area contributed by atoms with Gasteiger partial charge < -0.3 is 14.4 Å². The first-order valence-corrected chi connectivity index (χ1v) is 9.29. The number of imidazole rings is 1. The zero-order chi connectivity index (χ0) is 18.8. The van der Waals surface area contributed by atoms with Crippen LogP contribution in [0.15, 0.2) is 30.3 Å². The number of aliphatic hydroxyl groups excluding tert-OH is 1. The highest BCUT2D eigenvalue weighted by Crippen LogP contribution is 2.25. The highest BCUT2D eigenvalue weighted by Gasteiger charge is 2.15. The molecular weight excluding hydrogens is 348 g/mol. The number of aryl methyl sites for hydroxylation is 4. The molecule has 0 saturated carbocycles. The molecule has 0 aliphatic rings. The van der Waals surface area contributed by atoms with E-state index >= 15 is 0 Å². The summed E-state index contributed by atoms with van der Waals surface area (Å²) in [7, 11) is 0. The summed E-state index contributed by atoms with van der Waals surface area (Å²) in [4.78, 5) is 4.63. The van der Waals surface area contributed by atoms with Crippen LogP contribution < -0.4 is 4.74 Å². The minimum absolute atomic E-state index is 0.588. The van der Waals surface area contributed by atoms with E-state index in [2.05, 4.69) is 35.5 Å². The van der Waals surface area contributed by atoms with Crippen molar-refractivity contribution in [3.05, 3.63) is 57.9 Å². The molecule has 0 amide bonds. The molecule has 1 unspecified atom stereocenters. The lowest BCUT2D eigenvalue weighted by Gasteiger charge is -2.12. The molecule has 5 heteroatoms. The Morgan fingerprint density at radius 3 is 2.54 bits per heavy atom. The second kappa shape index (κ2) is 7.68. The molecule has 3 rings (SSSR count). The topological polar surface area (TPSA) is 47.3 Å². The van der Waals surface area contributed by atoms with E-state index in [4.69, 9.17) is 16.3 Å². The molecule has 3 aromatic rings. The SMILES string of the molecule is Cc1cc2nc(C(C)O)n(CCCOc3ccc(Cl)c(C)c3)c2cc1C. The monoisotopic (exact) mass is 372 g/mol. The number of benzene rings is 2. The van der Waals surface area contributed by atoms with Crippen LogP contribution in [0.4, 0.5) is 0 Å². The lowest BCUT2D eigenvalue weighted by Crippen LogP contribution is -2.10. The number of aliphatic hydroxyl groups is 1. The minimum atomic E-state index is -0.608. The van der Waals surface area contributed by atoms with Gasteiger partial charge in [0.05, 0.1) is 17.6 Å². The van der Waals surface area contributed by atoms with Gasteiger partial charge in [-0.2, -0.15) is 0 Å². The molecule has 1 aromatic heterocycles. The van der Waals surface area contributed by atoms with E-state index in [0.29, 0.717) is 12.4 Å². The summed E-state index contributed by atoms with van der Waals surface area (Å²) >= 11 is 6.05. The summed E-state index contributed by atoms with van der Waals surface area (Å²) in [6.45, 7) is 9.23. The van der Waals surface area contributed by atoms with Crippen LogP contribution in [0.25, 0.3) is 11.0 Å². The normalized spacial score (nSPS) is 12.5. The Morgan fingerprint density at radius 1 is 1.12 bits per heavy atom. The first-order valence-electron chi connectivity index (χ1n) is 8.91. The van der Waals surface area contributed by atoms with Crippen molar-refractivity contribution in [1.82, 2.24) is 9.55 Å². The van der Waals surface area contributed by atoms with Gasteiger partial charge in [-0.05, 0) is 81.1 Å². The largest absolute Gasteiger partial charge is 0.494 e. The second-order valence-corrected chi connectivity index (χ2v) is 7.24. The van der Waals surface area contributed by atoms with Crippen molar-refractivity contribution >= 4 is 22.6 Å². The van der Waals surface area contributed by atoms with Crippen molar-refractivity contribution in [2.75, 3.05) is 6.61 Å². The van der Waals surface area contributed by atoms with Crippen molar-refractivity contribution in [2.24, 2.45) is 0 Å². The van der Waals surface area contributed by atoms with Gasteiger partial charge in [0.25, 0.3) is 0 Å². The molecule has 1 N–H and O–H groups in total. The molecule has 4 nitrogen and oxygen atoms in total. The van der Waals surface area contributed by atoms with Crippen molar-refractivity contribution in [3.63, 3.8) is 0 Å². The predicted molar refractivity (Wildman–Crippen MR) is 106 cm³/mol. The summed E-state index contributed by atoms with van der Waals surface area (Å²) < 4.78 is 7.94. The van der Waals surface area contributed by atoms with Gasteiger partial charge in [-0.25, -0.2) is 4.98 Å². The summed E-state index contributed by atoms with van der Waals surface area (Å²) in [5, 5.41) is 10.9. The van der Waals surface area contributed by atoms with Crippen molar-refractivity contribution in [1.29, 1.82) is 0 Å². The third-order valence-electron chi connectivity index (χ3n) is 4.69. The van der Waals surface area contributed by atoms with Crippen molar-refractivity contribution in [2.45, 2.75) is 46.8 Å². The van der Waals surface area contributed by atoms with Crippen LogP contribution in [0.2, 0.25) is 5.02 Å². The number of fused-ring (bicyclic) bond motifs is 1. The first-order chi connectivity index (χ1) is 12.4. The lowest BCUT2D eigenvalue weighted by molar-refractivity contribution is 0.183. The standard InChI is InChI=1S/C21H25ClN2O2/c1-13-11-19-20(12-14(13)2)24(21(23-19)16(4)25)8-5-9-26-17-6-7-18(22)15(3)10-17/h6-7,10-12,16,25H,5,8-9H2,1-4H3. The molecule has 0 saturated heterocycles. The quantitative estimate of drug-likeness (QED) is 0.609. The molecular formula is C21H25ClN2O2. The number of aromatic nitrogens is 2. The van der Waals surface area contributed by atoms with E-state index in [1.54, 1.807) is 6.92 Å². The average Bonchev–Trinajstić information content (AvgIpc) is 2.93. The molecule has 1 heterocycles. The Kier molecular flexibility index (Phi) is 5.54. The third-order valence-corrected chi connectivity index (χ3v) is 5.12. The number of halogens is 1. The number of hydrogen-bond acceptors (Lipinski definition) is 3. The fourth-order valence-corrected chi connectivity index (χ4v) is 3.19. The summed E-state index contributed by atoms with van der Waals surface area (Å²) in [6, 6.07) is 9.91. The third kappa shape index (κ3) is 3.87. The van der Waals surface area contributed by atoms with Gasteiger partial charge in [0, 0.05) is 11.6 Å². The Balaban J connectivity index is 1.74. The Morgan fingerprint density at radius 2 is 1.85 bits per heavy atom. The van der Waals surface area contributed by atoms with Crippen LogP contribution in [0, 0.1) is 20.8 Å². The lowest BCUT2D eigenvalue weighted by atomic mass is 10.1. The molecule has 0 spiro atoms. The van der Waals surface area contributed by atoms with Crippen molar-refractivity contribution in [3.8, 4) is 5.75 Å². The van der Waals surface area contributed by atoms with E-state index in [9.17, 15) is 5.11 Å². The zero-order valence-corrected chi connectivity index (χ0v) is 16.5. The number of nitrogens with zero attached hydrogens (tertiary/aromatic N) is 2. The summed E-state index contributed by atoms with van der Waals surface area (Å²) in [5.41, 5.74) is 5.43.